The van der Waals surface area contributed by atoms with Crippen molar-refractivity contribution < 1.29 is 19.2 Å². The third-order valence-electron chi connectivity index (χ3n) is 3.37. The van der Waals surface area contributed by atoms with Crippen molar-refractivity contribution in [1.29, 1.82) is 0 Å². The van der Waals surface area contributed by atoms with Gasteiger partial charge in [-0.25, -0.2) is 5.06 Å². The number of ether oxygens (including phenoxy) is 1. The zero-order chi connectivity index (χ0) is 21.0. The van der Waals surface area contributed by atoms with E-state index in [1.807, 2.05) is 47.7 Å². The van der Waals surface area contributed by atoms with Crippen LogP contribution in [-0.2, 0) is 19.2 Å². The molecule has 1 aliphatic rings. The highest BCUT2D eigenvalue weighted by Gasteiger charge is 2.28. The van der Waals surface area contributed by atoms with Gasteiger partial charge < -0.3 is 9.64 Å². The van der Waals surface area contributed by atoms with E-state index in [-0.39, 0.29) is 11.8 Å². The summed E-state index contributed by atoms with van der Waals surface area (Å²) in [7, 11) is 5.19. The van der Waals surface area contributed by atoms with E-state index in [9.17, 15) is 9.59 Å². The summed E-state index contributed by atoms with van der Waals surface area (Å²) in [5.41, 5.74) is 0.953. The molecule has 0 saturated carbocycles. The number of carbonyl (C=O) groups is 2. The molecule has 1 fully saturated rings. The number of rotatable bonds is 7. The van der Waals surface area contributed by atoms with Gasteiger partial charge in [-0.3, -0.25) is 14.4 Å². The van der Waals surface area contributed by atoms with E-state index in [1.54, 1.807) is 13.1 Å². The van der Waals surface area contributed by atoms with E-state index in [0.717, 1.165) is 31.5 Å². The summed E-state index contributed by atoms with van der Waals surface area (Å²) in [5.74, 6) is 0.210. The zero-order valence-electron chi connectivity index (χ0n) is 18.1. The molecule has 0 bridgehead atoms. The fourth-order valence-corrected chi connectivity index (χ4v) is 2.08. The Kier molecular flexibility index (Phi) is 23.9. The predicted molar refractivity (Wildman–Crippen MR) is 109 cm³/mol. The topological polar surface area (TPSA) is 59.1 Å². The van der Waals surface area contributed by atoms with Gasteiger partial charge in [-0.1, -0.05) is 53.3 Å². The van der Waals surface area contributed by atoms with Crippen molar-refractivity contribution in [3.63, 3.8) is 0 Å². The van der Waals surface area contributed by atoms with Crippen LogP contribution in [0.15, 0.2) is 24.3 Å². The van der Waals surface area contributed by atoms with Crippen LogP contribution in [0.25, 0.3) is 0 Å². The normalized spacial score (nSPS) is 15.8. The smallest absolute Gasteiger partial charge is 0.293 e. The van der Waals surface area contributed by atoms with Crippen LogP contribution in [-0.4, -0.2) is 63.2 Å². The Morgan fingerprint density at radius 3 is 2.23 bits per heavy atom. The number of hydroxylamine groups is 2. The maximum absolute atomic E-state index is 11.5. The Hall–Kier alpha value is -1.66. The quantitative estimate of drug-likeness (QED) is 0.387. The van der Waals surface area contributed by atoms with Crippen molar-refractivity contribution in [1.82, 2.24) is 9.96 Å². The summed E-state index contributed by atoms with van der Waals surface area (Å²) in [6, 6.07) is 0. The van der Waals surface area contributed by atoms with E-state index >= 15 is 0 Å². The van der Waals surface area contributed by atoms with Crippen molar-refractivity contribution >= 4 is 12.4 Å². The molecule has 0 aromatic carbocycles. The lowest BCUT2D eigenvalue weighted by atomic mass is 10.1. The first-order valence-electron chi connectivity index (χ1n) is 9.37. The van der Waals surface area contributed by atoms with Gasteiger partial charge in [0.05, 0.1) is 13.0 Å². The fourth-order valence-electron chi connectivity index (χ4n) is 2.08. The average Bonchev–Trinajstić information content (AvgIpc) is 3.13. The Bertz CT molecular complexity index is 384. The van der Waals surface area contributed by atoms with Gasteiger partial charge in [-0.15, -0.1) is 0 Å². The van der Waals surface area contributed by atoms with Crippen LogP contribution in [0, 0.1) is 5.92 Å². The molecule has 0 radical (unpaired) electrons. The van der Waals surface area contributed by atoms with Gasteiger partial charge in [0.2, 0.25) is 5.91 Å². The number of nitrogens with zero attached hydrogens (tertiary/aromatic N) is 2. The maximum atomic E-state index is 11.5. The maximum Gasteiger partial charge on any atom is 0.293 e. The summed E-state index contributed by atoms with van der Waals surface area (Å²) < 4.78 is 4.52. The first-order valence-corrected chi connectivity index (χ1v) is 9.37. The summed E-state index contributed by atoms with van der Waals surface area (Å²) in [6.45, 7) is 16.2. The molecule has 1 heterocycles. The molecule has 0 aliphatic carbocycles. The molecule has 1 saturated heterocycles. The molecule has 6 nitrogen and oxygen atoms in total. The molecular weight excluding hydrogens is 332 g/mol. The monoisotopic (exact) mass is 372 g/mol. The van der Waals surface area contributed by atoms with Gasteiger partial charge in [-0.05, 0) is 32.0 Å². The second kappa shape index (κ2) is 21.4. The number of carbonyl (C=O) groups excluding carboxylic acids is 2. The Morgan fingerprint density at radius 1 is 1.31 bits per heavy atom. The lowest BCUT2D eigenvalue weighted by molar-refractivity contribution is -0.172. The summed E-state index contributed by atoms with van der Waals surface area (Å²) in [6.07, 6.45) is 5.54. The molecule has 1 amide bonds. The molecule has 0 aromatic rings. The van der Waals surface area contributed by atoms with Gasteiger partial charge in [0.15, 0.2) is 0 Å². The highest BCUT2D eigenvalue weighted by Crippen LogP contribution is 2.16. The van der Waals surface area contributed by atoms with Crippen LogP contribution in [0.1, 0.15) is 47.5 Å². The van der Waals surface area contributed by atoms with Crippen molar-refractivity contribution in [3.8, 4) is 0 Å². The van der Waals surface area contributed by atoms with E-state index in [4.69, 9.17) is 4.84 Å². The van der Waals surface area contributed by atoms with Crippen molar-refractivity contribution in [3.05, 3.63) is 24.3 Å². The second-order valence-corrected chi connectivity index (χ2v) is 5.06. The molecule has 0 N–H and O–H groups in total. The molecule has 0 aromatic heterocycles. The molecule has 26 heavy (non-hydrogen) atoms. The van der Waals surface area contributed by atoms with Crippen LogP contribution >= 0.6 is 0 Å². The van der Waals surface area contributed by atoms with Gasteiger partial charge in [-0.2, -0.15) is 0 Å². The SMILES string of the molecule is C=C/C(=C\CC)COC=O.CC.CC.CON(C)C(=O)C1CCN(C)C1. The molecule has 1 unspecified atom stereocenters. The van der Waals surface area contributed by atoms with E-state index in [1.165, 1.54) is 12.2 Å². The third-order valence-corrected chi connectivity index (χ3v) is 3.37. The molecule has 6 heteroatoms. The number of hydrogen-bond donors (Lipinski definition) is 0. The van der Waals surface area contributed by atoms with E-state index in [2.05, 4.69) is 16.2 Å². The predicted octanol–water partition coefficient (Wildman–Crippen LogP) is 3.69. The van der Waals surface area contributed by atoms with Gasteiger partial charge in [0.1, 0.15) is 6.61 Å². The Balaban J connectivity index is -0.000000346. The van der Waals surface area contributed by atoms with Crippen LogP contribution < -0.4 is 0 Å². The van der Waals surface area contributed by atoms with Gasteiger partial charge >= 0.3 is 0 Å². The minimum absolute atomic E-state index is 0.0850. The van der Waals surface area contributed by atoms with Crippen molar-refractivity contribution in [2.75, 3.05) is 40.9 Å². The van der Waals surface area contributed by atoms with Gasteiger partial charge in [0.25, 0.3) is 6.47 Å². The average molecular weight is 373 g/mol. The number of amides is 1. The molecule has 0 spiro atoms. The van der Waals surface area contributed by atoms with E-state index < -0.39 is 0 Å². The number of likely N-dealkylation sites (tertiary alicyclic amines) is 1. The number of hydrogen-bond acceptors (Lipinski definition) is 5. The highest BCUT2D eigenvalue weighted by atomic mass is 16.7. The van der Waals surface area contributed by atoms with Gasteiger partial charge in [0, 0.05) is 13.6 Å². The largest absolute Gasteiger partial charge is 0.463 e. The summed E-state index contributed by atoms with van der Waals surface area (Å²) in [4.78, 5) is 28.2. The second-order valence-electron chi connectivity index (χ2n) is 5.06. The van der Waals surface area contributed by atoms with E-state index in [0.29, 0.717) is 13.1 Å². The molecule has 154 valence electrons. The van der Waals surface area contributed by atoms with Crippen molar-refractivity contribution in [2.24, 2.45) is 5.92 Å². The van der Waals surface area contributed by atoms with Crippen LogP contribution in [0.3, 0.4) is 0 Å². The van der Waals surface area contributed by atoms with Crippen LogP contribution in [0.4, 0.5) is 0 Å². The lowest BCUT2D eigenvalue weighted by Gasteiger charge is -2.17. The van der Waals surface area contributed by atoms with Crippen LogP contribution in [0.2, 0.25) is 0 Å². The molecule has 1 rings (SSSR count). The molecule has 1 atom stereocenters. The lowest BCUT2D eigenvalue weighted by Crippen LogP contribution is -2.33. The fraction of sp³-hybridized carbons (Fsp3) is 0.700. The molecule has 1 aliphatic heterocycles. The zero-order valence-corrected chi connectivity index (χ0v) is 18.1. The molecular formula is C20H40N2O4. The standard InChI is InChI=1S/C8H16N2O2.C8H12O2.2C2H6/c1-9-5-4-7(6-9)8(11)10(2)12-3;1-3-5-8(4-2)6-10-7-9;2*1-2/h7H,4-6H2,1-3H3;4-5,7H,2-3,6H2,1H3;2*1-2H3/b;8-5+;;. The van der Waals surface area contributed by atoms with Crippen molar-refractivity contribution in [2.45, 2.75) is 47.5 Å². The number of allylic oxidation sites excluding steroid dienone is 1. The summed E-state index contributed by atoms with van der Waals surface area (Å²) in [5, 5.41) is 1.31. The first-order chi connectivity index (χ1) is 12.5. The third kappa shape index (κ3) is 14.7. The first kappa shape index (κ1) is 29.1. The Morgan fingerprint density at radius 2 is 1.88 bits per heavy atom. The highest BCUT2D eigenvalue weighted by molar-refractivity contribution is 5.78. The van der Waals surface area contributed by atoms with Crippen LogP contribution in [0.5, 0.6) is 0 Å². The minimum atomic E-state index is 0.0850. The minimum Gasteiger partial charge on any atom is -0.463 e. The Labute approximate surface area is 160 Å². The summed E-state index contributed by atoms with van der Waals surface area (Å²) >= 11 is 0.